The minimum Gasteiger partial charge on any atom is -0.496 e. The van der Waals surface area contributed by atoms with Gasteiger partial charge in [-0.05, 0) is 58.4 Å². The van der Waals surface area contributed by atoms with Gasteiger partial charge in [0.05, 0.1) is 13.2 Å². The Labute approximate surface area is 239 Å². The molecule has 0 saturated carbocycles. The van der Waals surface area contributed by atoms with Crippen LogP contribution in [0.4, 0.5) is 14.6 Å². The number of pyridine rings is 1. The summed E-state index contributed by atoms with van der Waals surface area (Å²) in [5, 5.41) is 13.5. The lowest BCUT2D eigenvalue weighted by Crippen LogP contribution is -2.44. The molecule has 4 heterocycles. The largest absolute Gasteiger partial charge is 0.496 e. The molecule has 1 fully saturated rings. The molecule has 3 aliphatic rings. The SMILES string of the molecule is COc1cc(CCCCOC2CCN(C(C(=O)O)c3cc(F)cc4c3OC(C(C)(C)F)CO4)C2)nc2c1CCCN2. The fraction of sp³-hybridized carbons (Fsp3) is 0.600. The molecule has 1 aromatic carbocycles. The van der Waals surface area contributed by atoms with Crippen LogP contribution >= 0.6 is 0 Å². The molecule has 1 saturated heterocycles. The molecule has 41 heavy (non-hydrogen) atoms. The van der Waals surface area contributed by atoms with Gasteiger partial charge < -0.3 is 29.4 Å². The number of unbranched alkanes of at least 4 members (excludes halogenated alkanes) is 1. The maximum absolute atomic E-state index is 14.6. The monoisotopic (exact) mass is 575 g/mol. The summed E-state index contributed by atoms with van der Waals surface area (Å²) >= 11 is 0. The molecule has 9 nitrogen and oxygen atoms in total. The number of methoxy groups -OCH3 is 1. The van der Waals surface area contributed by atoms with Gasteiger partial charge in [-0.1, -0.05) is 0 Å². The van der Waals surface area contributed by atoms with E-state index in [1.54, 1.807) is 12.0 Å². The van der Waals surface area contributed by atoms with Crippen LogP contribution in [0.5, 0.6) is 17.2 Å². The van der Waals surface area contributed by atoms with Crippen LogP contribution in [0.15, 0.2) is 18.2 Å². The fourth-order valence-electron chi connectivity index (χ4n) is 5.74. The molecule has 0 bridgehead atoms. The Balaban J connectivity index is 1.17. The van der Waals surface area contributed by atoms with Crippen molar-refractivity contribution < 1.29 is 37.6 Å². The first-order valence-corrected chi connectivity index (χ1v) is 14.3. The number of nitrogens with one attached hydrogen (secondary N) is 1. The Hall–Kier alpha value is -3.18. The predicted octanol–water partition coefficient (Wildman–Crippen LogP) is 4.71. The molecular weight excluding hydrogens is 536 g/mol. The molecule has 3 unspecified atom stereocenters. The van der Waals surface area contributed by atoms with Gasteiger partial charge >= 0.3 is 5.97 Å². The van der Waals surface area contributed by atoms with Crippen molar-refractivity contribution in [2.45, 2.75) is 76.3 Å². The highest BCUT2D eigenvalue weighted by atomic mass is 19.1. The normalized spacial score (nSPS) is 21.2. The molecule has 1 aromatic heterocycles. The number of likely N-dealkylation sites (tertiary alicyclic amines) is 1. The van der Waals surface area contributed by atoms with E-state index in [4.69, 9.17) is 23.9 Å². The average Bonchev–Trinajstić information content (AvgIpc) is 3.39. The highest BCUT2D eigenvalue weighted by Gasteiger charge is 2.41. The second-order valence-electron chi connectivity index (χ2n) is 11.5. The molecule has 3 atom stereocenters. The van der Waals surface area contributed by atoms with Crippen LogP contribution in [0.1, 0.15) is 62.4 Å². The van der Waals surface area contributed by atoms with E-state index in [9.17, 15) is 18.7 Å². The minimum absolute atomic E-state index is 0.0766. The number of aromatic nitrogens is 1. The number of ether oxygens (including phenoxy) is 4. The van der Waals surface area contributed by atoms with Crippen molar-refractivity contribution in [3.05, 3.63) is 40.8 Å². The Morgan fingerprint density at radius 1 is 1.32 bits per heavy atom. The highest BCUT2D eigenvalue weighted by Crippen LogP contribution is 2.43. The van der Waals surface area contributed by atoms with Gasteiger partial charge in [0.2, 0.25) is 0 Å². The van der Waals surface area contributed by atoms with Gasteiger partial charge in [0, 0.05) is 55.2 Å². The number of alkyl halides is 1. The molecule has 3 aliphatic heterocycles. The van der Waals surface area contributed by atoms with Crippen molar-refractivity contribution in [1.29, 1.82) is 0 Å². The molecule has 0 aliphatic carbocycles. The van der Waals surface area contributed by atoms with Crippen LogP contribution < -0.4 is 19.5 Å². The molecule has 5 rings (SSSR count). The second-order valence-corrected chi connectivity index (χ2v) is 11.5. The lowest BCUT2D eigenvalue weighted by Gasteiger charge is -2.35. The van der Waals surface area contributed by atoms with Crippen LogP contribution in [-0.4, -0.2) is 78.8 Å². The lowest BCUT2D eigenvalue weighted by molar-refractivity contribution is -0.143. The van der Waals surface area contributed by atoms with Crippen LogP contribution in [0.2, 0.25) is 0 Å². The van der Waals surface area contributed by atoms with Gasteiger partial charge in [-0.3, -0.25) is 9.69 Å². The van der Waals surface area contributed by atoms with E-state index >= 15 is 0 Å². The molecule has 2 aromatic rings. The van der Waals surface area contributed by atoms with Gasteiger partial charge in [-0.25, -0.2) is 13.8 Å². The number of carboxylic acids is 1. The van der Waals surface area contributed by atoms with E-state index in [0.717, 1.165) is 73.6 Å². The number of hydrogen-bond acceptors (Lipinski definition) is 8. The van der Waals surface area contributed by atoms with Crippen molar-refractivity contribution in [1.82, 2.24) is 9.88 Å². The highest BCUT2D eigenvalue weighted by molar-refractivity contribution is 5.77. The Morgan fingerprint density at radius 3 is 2.90 bits per heavy atom. The molecule has 2 N–H and O–H groups in total. The minimum atomic E-state index is -1.73. The standard InChI is InChI=1S/C30H39F2N3O6/c1-30(2,32)25-17-40-24-14-18(31)13-22(27(24)41-25)26(29(36)37)35-11-9-20(16-35)39-12-5-4-7-19-15-23(38-3)21-8-6-10-33-28(21)34-19/h13-15,20,25-26H,4-12,16-17H2,1-3H3,(H,33,34)(H,36,37). The van der Waals surface area contributed by atoms with E-state index < -0.39 is 29.6 Å². The summed E-state index contributed by atoms with van der Waals surface area (Å²) < 4.78 is 52.3. The second kappa shape index (κ2) is 12.4. The van der Waals surface area contributed by atoms with E-state index in [1.165, 1.54) is 13.8 Å². The van der Waals surface area contributed by atoms with Crippen LogP contribution in [0.25, 0.3) is 0 Å². The number of carbonyl (C=O) groups is 1. The number of fused-ring (bicyclic) bond motifs is 2. The van der Waals surface area contributed by atoms with Crippen molar-refractivity contribution in [2.24, 2.45) is 0 Å². The third-order valence-electron chi connectivity index (χ3n) is 7.97. The van der Waals surface area contributed by atoms with Crippen molar-refractivity contribution in [3.8, 4) is 17.2 Å². The van der Waals surface area contributed by atoms with Gasteiger partial charge in [0.15, 0.2) is 17.6 Å². The van der Waals surface area contributed by atoms with Crippen LogP contribution in [0, 0.1) is 5.82 Å². The number of nitrogens with zero attached hydrogens (tertiary/aromatic N) is 2. The third-order valence-corrected chi connectivity index (χ3v) is 7.97. The summed E-state index contributed by atoms with van der Waals surface area (Å²) in [5.41, 5.74) is 0.507. The first kappa shape index (κ1) is 29.3. The maximum Gasteiger partial charge on any atom is 0.325 e. The number of hydrogen-bond donors (Lipinski definition) is 2. The lowest BCUT2D eigenvalue weighted by atomic mass is 10.00. The van der Waals surface area contributed by atoms with Gasteiger partial charge in [-0.2, -0.15) is 0 Å². The summed E-state index contributed by atoms with van der Waals surface area (Å²) in [7, 11) is 1.69. The number of rotatable bonds is 11. The average molecular weight is 576 g/mol. The number of carboxylic acid groups (broad SMARTS) is 1. The van der Waals surface area contributed by atoms with Crippen molar-refractivity contribution in [2.75, 3.05) is 45.3 Å². The van der Waals surface area contributed by atoms with Gasteiger partial charge in [0.25, 0.3) is 0 Å². The first-order valence-electron chi connectivity index (χ1n) is 14.3. The summed E-state index contributed by atoms with van der Waals surface area (Å²) in [5.74, 6) is 0.175. The van der Waals surface area contributed by atoms with Gasteiger partial charge in [-0.15, -0.1) is 0 Å². The molecule has 0 spiro atoms. The van der Waals surface area contributed by atoms with Crippen LogP contribution in [0.3, 0.4) is 0 Å². The summed E-state index contributed by atoms with van der Waals surface area (Å²) in [6, 6.07) is 3.12. The number of benzene rings is 1. The molecular formula is C30H39F2N3O6. The van der Waals surface area contributed by atoms with Crippen LogP contribution in [-0.2, 0) is 22.4 Å². The number of aryl methyl sites for hydroxylation is 1. The zero-order valence-corrected chi connectivity index (χ0v) is 23.9. The molecule has 11 heteroatoms. The molecule has 0 radical (unpaired) electrons. The predicted molar refractivity (Wildman–Crippen MR) is 148 cm³/mol. The number of halogens is 2. The Morgan fingerprint density at radius 2 is 2.15 bits per heavy atom. The Kier molecular flexibility index (Phi) is 8.84. The summed E-state index contributed by atoms with van der Waals surface area (Å²) in [6.07, 6.45) is 4.10. The van der Waals surface area contributed by atoms with E-state index in [2.05, 4.69) is 5.32 Å². The molecule has 224 valence electrons. The van der Waals surface area contributed by atoms with E-state index in [0.29, 0.717) is 26.1 Å². The maximum atomic E-state index is 14.6. The smallest absolute Gasteiger partial charge is 0.325 e. The fourth-order valence-corrected chi connectivity index (χ4v) is 5.74. The first-order chi connectivity index (χ1) is 19.6. The Bertz CT molecular complexity index is 1240. The number of aliphatic carboxylic acids is 1. The van der Waals surface area contributed by atoms with E-state index in [-0.39, 0.29) is 29.8 Å². The number of anilines is 1. The van der Waals surface area contributed by atoms with Crippen molar-refractivity contribution in [3.63, 3.8) is 0 Å². The van der Waals surface area contributed by atoms with E-state index in [1.807, 2.05) is 6.07 Å². The molecule has 0 amide bonds. The third kappa shape index (κ3) is 6.67. The van der Waals surface area contributed by atoms with Crippen molar-refractivity contribution >= 4 is 11.8 Å². The topological polar surface area (TPSA) is 102 Å². The summed E-state index contributed by atoms with van der Waals surface area (Å²) in [4.78, 5) is 19.0. The quantitative estimate of drug-likeness (QED) is 0.369. The summed E-state index contributed by atoms with van der Waals surface area (Å²) in [6.45, 7) is 4.92. The zero-order valence-electron chi connectivity index (χ0n) is 23.9. The zero-order chi connectivity index (χ0) is 29.1. The van der Waals surface area contributed by atoms with Gasteiger partial charge in [0.1, 0.15) is 35.7 Å².